The van der Waals surface area contributed by atoms with Crippen LogP contribution in [0.25, 0.3) is 22.3 Å². The lowest BCUT2D eigenvalue weighted by Crippen LogP contribution is -2.99. The van der Waals surface area contributed by atoms with Gasteiger partial charge in [-0.2, -0.15) is 10.3 Å². The highest BCUT2D eigenvalue weighted by Crippen LogP contribution is 2.28. The van der Waals surface area contributed by atoms with E-state index in [0.29, 0.717) is 5.69 Å². The normalized spacial score (nSPS) is 13.1. The fraction of sp³-hybridized carbons (Fsp3) is 0. The quantitative estimate of drug-likeness (QED) is 0.543. The van der Waals surface area contributed by atoms with Crippen LogP contribution in [0.2, 0.25) is 0 Å². The van der Waals surface area contributed by atoms with Gasteiger partial charge in [0.25, 0.3) is 0 Å². The second kappa shape index (κ2) is 4.21. The van der Waals surface area contributed by atoms with Gasteiger partial charge in [-0.25, -0.2) is 5.21 Å². The number of H-pyrrole nitrogens is 2. The van der Waals surface area contributed by atoms with Crippen molar-refractivity contribution in [3.05, 3.63) is 40.1 Å². The van der Waals surface area contributed by atoms with Crippen molar-refractivity contribution in [3.8, 4) is 11.4 Å². The monoisotopic (exact) mass is 308 g/mol. The van der Waals surface area contributed by atoms with Crippen LogP contribution in [0.5, 0.6) is 0 Å². The van der Waals surface area contributed by atoms with Gasteiger partial charge in [-0.3, -0.25) is 5.10 Å². The molecule has 2 aromatic heterocycles. The van der Waals surface area contributed by atoms with Crippen molar-refractivity contribution in [2.24, 2.45) is 0 Å². The molecule has 0 aliphatic heterocycles. The zero-order chi connectivity index (χ0) is 12.7. The number of benzene rings is 1. The van der Waals surface area contributed by atoms with Gasteiger partial charge >= 0.3 is 0 Å². The number of quaternary nitrogens is 1. The molecule has 1 unspecified atom stereocenters. The van der Waals surface area contributed by atoms with Gasteiger partial charge < -0.3 is 10.2 Å². The zero-order valence-electron chi connectivity index (χ0n) is 9.07. The molecule has 0 saturated carbocycles. The lowest BCUT2D eigenvalue weighted by Gasteiger charge is -2.10. The third-order valence-corrected chi connectivity index (χ3v) is 3.17. The summed E-state index contributed by atoms with van der Waals surface area (Å²) in [7, 11) is 0. The van der Waals surface area contributed by atoms with Crippen LogP contribution in [-0.4, -0.2) is 20.4 Å². The molecule has 0 saturated heterocycles. The van der Waals surface area contributed by atoms with Crippen LogP contribution >= 0.6 is 15.9 Å². The van der Waals surface area contributed by atoms with Crippen molar-refractivity contribution >= 4 is 32.5 Å². The highest BCUT2D eigenvalue weighted by Gasteiger charge is 2.12. The molecule has 1 atom stereocenters. The second-order valence-corrected chi connectivity index (χ2v) is 4.78. The molecule has 0 fully saturated rings. The van der Waals surface area contributed by atoms with Crippen molar-refractivity contribution in [3.63, 3.8) is 0 Å². The van der Waals surface area contributed by atoms with Crippen LogP contribution in [-0.2, 0) is 0 Å². The molecule has 0 aliphatic carbocycles. The van der Waals surface area contributed by atoms with Gasteiger partial charge in [0, 0.05) is 28.2 Å². The van der Waals surface area contributed by atoms with E-state index in [1.54, 1.807) is 24.4 Å². The molecule has 4 N–H and O–H groups in total. The lowest BCUT2D eigenvalue weighted by atomic mass is 10.1. The van der Waals surface area contributed by atoms with Crippen LogP contribution in [0.1, 0.15) is 0 Å². The van der Waals surface area contributed by atoms with E-state index >= 15 is 0 Å². The minimum Gasteiger partial charge on any atom is -0.595 e. The molecular weight excluding hydrogens is 300 g/mol. The van der Waals surface area contributed by atoms with E-state index in [1.807, 2.05) is 6.07 Å². The smallest absolute Gasteiger partial charge is 0.164 e. The predicted octanol–water partition coefficient (Wildman–Crippen LogP) is 1.72. The summed E-state index contributed by atoms with van der Waals surface area (Å²) in [5.74, 6) is 0. The molecule has 0 radical (unpaired) electrons. The van der Waals surface area contributed by atoms with E-state index in [9.17, 15) is 5.21 Å². The molecule has 7 heteroatoms. The number of nitrogens with one attached hydrogen (secondary N) is 3. The Morgan fingerprint density at radius 1 is 1.33 bits per heavy atom. The minimum atomic E-state index is -0.947. The maximum Gasteiger partial charge on any atom is 0.164 e. The predicted molar refractivity (Wildman–Crippen MR) is 69.4 cm³/mol. The van der Waals surface area contributed by atoms with Gasteiger partial charge in [-0.1, -0.05) is 0 Å². The first-order valence-corrected chi connectivity index (χ1v) is 6.00. The number of nitrogens with zero attached hydrogens (tertiary/aromatic N) is 1. The van der Waals surface area contributed by atoms with Crippen molar-refractivity contribution < 1.29 is 10.4 Å². The average molecular weight is 309 g/mol. The maximum absolute atomic E-state index is 11.0. The standard InChI is InChI=1S/C11H9BrN4O2/c12-6-3-10(13-5-6)11-8-4-7(16(17)18)1-2-9(8)14-15-11/h1-5,13,16-17H,(H,14,15). The first-order chi connectivity index (χ1) is 8.65. The highest BCUT2D eigenvalue weighted by atomic mass is 79.9. The van der Waals surface area contributed by atoms with Gasteiger partial charge in [0.05, 0.1) is 11.2 Å². The van der Waals surface area contributed by atoms with E-state index in [1.165, 1.54) is 0 Å². The van der Waals surface area contributed by atoms with Crippen molar-refractivity contribution in [1.29, 1.82) is 0 Å². The first kappa shape index (κ1) is 11.4. The van der Waals surface area contributed by atoms with Gasteiger partial charge in [-0.15, -0.1) is 0 Å². The number of fused-ring (bicyclic) bond motifs is 1. The van der Waals surface area contributed by atoms with Crippen molar-refractivity contribution in [2.45, 2.75) is 0 Å². The summed E-state index contributed by atoms with van der Waals surface area (Å²) >= 11 is 3.36. The third-order valence-electron chi connectivity index (χ3n) is 2.71. The minimum absolute atomic E-state index is 0.246. The van der Waals surface area contributed by atoms with Gasteiger partial charge in [-0.05, 0) is 28.1 Å². The Labute approximate surface area is 110 Å². The van der Waals surface area contributed by atoms with Gasteiger partial charge in [0.1, 0.15) is 5.69 Å². The van der Waals surface area contributed by atoms with Crippen LogP contribution in [0.15, 0.2) is 34.9 Å². The number of aromatic amines is 2. The summed E-state index contributed by atoms with van der Waals surface area (Å²) in [6.07, 6.45) is 1.80. The Balaban J connectivity index is 2.20. The molecule has 18 heavy (non-hydrogen) atoms. The lowest BCUT2D eigenvalue weighted by molar-refractivity contribution is -0.991. The Morgan fingerprint density at radius 2 is 2.17 bits per heavy atom. The third kappa shape index (κ3) is 1.83. The Bertz CT molecular complexity index is 704. The molecule has 2 heterocycles. The molecule has 0 amide bonds. The van der Waals surface area contributed by atoms with E-state index in [4.69, 9.17) is 5.21 Å². The molecular formula is C11H9BrN4O2. The number of halogens is 1. The summed E-state index contributed by atoms with van der Waals surface area (Å²) in [6, 6.07) is 6.78. The molecule has 92 valence electrons. The van der Waals surface area contributed by atoms with E-state index in [2.05, 4.69) is 31.1 Å². The highest BCUT2D eigenvalue weighted by molar-refractivity contribution is 9.10. The molecule has 6 nitrogen and oxygen atoms in total. The Hall–Kier alpha value is -1.67. The molecule has 1 aromatic carbocycles. The molecule has 0 aliphatic rings. The van der Waals surface area contributed by atoms with E-state index in [0.717, 1.165) is 21.1 Å². The molecule has 3 aromatic rings. The van der Waals surface area contributed by atoms with Crippen LogP contribution in [0.3, 0.4) is 0 Å². The average Bonchev–Trinajstić information content (AvgIpc) is 2.93. The largest absolute Gasteiger partial charge is 0.595 e. The van der Waals surface area contributed by atoms with Crippen molar-refractivity contribution in [2.75, 3.05) is 0 Å². The summed E-state index contributed by atoms with van der Waals surface area (Å²) in [4.78, 5) is 3.07. The zero-order valence-corrected chi connectivity index (χ0v) is 10.7. The summed E-state index contributed by atoms with van der Waals surface area (Å²) in [5, 5.41) is 26.9. The van der Waals surface area contributed by atoms with Gasteiger partial charge in [0.15, 0.2) is 5.69 Å². The van der Waals surface area contributed by atoms with E-state index < -0.39 is 5.23 Å². The van der Waals surface area contributed by atoms with Crippen LogP contribution < -0.4 is 5.23 Å². The topological polar surface area (TPSA) is 92.2 Å². The Kier molecular flexibility index (Phi) is 2.67. The fourth-order valence-electron chi connectivity index (χ4n) is 1.86. The Morgan fingerprint density at radius 3 is 2.83 bits per heavy atom. The summed E-state index contributed by atoms with van der Waals surface area (Å²) in [5.41, 5.74) is 2.59. The second-order valence-electron chi connectivity index (χ2n) is 3.87. The maximum atomic E-state index is 11.0. The van der Waals surface area contributed by atoms with E-state index in [-0.39, 0.29) is 5.69 Å². The van der Waals surface area contributed by atoms with Gasteiger partial charge in [0.2, 0.25) is 0 Å². The number of aromatic nitrogens is 3. The molecule has 3 rings (SSSR count). The number of hydrogen-bond donors (Lipinski definition) is 4. The SMILES string of the molecule is [O-][NH+](O)c1ccc2[nH]nc(-c3cc(Br)c[nH]3)c2c1. The summed E-state index contributed by atoms with van der Waals surface area (Å²) < 4.78 is 0.919. The number of rotatable bonds is 2. The molecule has 0 spiro atoms. The fourth-order valence-corrected chi connectivity index (χ4v) is 2.20. The van der Waals surface area contributed by atoms with Crippen molar-refractivity contribution in [1.82, 2.24) is 15.2 Å². The molecule has 0 bridgehead atoms. The first-order valence-electron chi connectivity index (χ1n) is 5.21. The summed E-state index contributed by atoms with van der Waals surface area (Å²) in [6.45, 7) is 0. The van der Waals surface area contributed by atoms with Crippen LogP contribution in [0.4, 0.5) is 5.69 Å². The van der Waals surface area contributed by atoms with Crippen LogP contribution in [0, 0.1) is 5.21 Å². The number of hydrogen-bond acceptors (Lipinski definition) is 3.